The van der Waals surface area contributed by atoms with E-state index in [1.54, 1.807) is 0 Å². The van der Waals surface area contributed by atoms with Crippen molar-refractivity contribution in [3.05, 3.63) is 53.3 Å². The van der Waals surface area contributed by atoms with Crippen LogP contribution in [0.4, 0.5) is 4.39 Å². The van der Waals surface area contributed by atoms with Gasteiger partial charge < -0.3 is 14.6 Å². The number of phenols is 1. The largest absolute Gasteiger partial charge is 0.506 e. The number of hydrogen-bond donors (Lipinski definition) is 1. The van der Waals surface area contributed by atoms with Crippen molar-refractivity contribution in [1.82, 2.24) is 0 Å². The number of carbonyl (C=O) groups is 2. The maximum absolute atomic E-state index is 12.9. The van der Waals surface area contributed by atoms with Gasteiger partial charge in [-0.15, -0.1) is 0 Å². The second kappa shape index (κ2) is 7.15. The summed E-state index contributed by atoms with van der Waals surface area (Å²) in [5.41, 5.74) is -0.369. The van der Waals surface area contributed by atoms with Crippen molar-refractivity contribution in [2.45, 2.75) is 9.79 Å². The molecule has 0 fully saturated rings. The Morgan fingerprint density at radius 3 is 2.17 bits per heavy atom. The predicted octanol–water partition coefficient (Wildman–Crippen LogP) is 3.26. The number of ether oxygens (including phenoxy) is 2. The van der Waals surface area contributed by atoms with Gasteiger partial charge >= 0.3 is 11.9 Å². The zero-order valence-electron chi connectivity index (χ0n) is 12.3. The van der Waals surface area contributed by atoms with E-state index in [2.05, 4.69) is 9.47 Å². The van der Waals surface area contributed by atoms with Crippen LogP contribution in [-0.2, 0) is 9.47 Å². The summed E-state index contributed by atoms with van der Waals surface area (Å²) >= 11 is 1.12. The van der Waals surface area contributed by atoms with E-state index in [1.807, 2.05) is 0 Å². The zero-order chi connectivity index (χ0) is 17.0. The first-order valence-corrected chi connectivity index (χ1v) is 7.25. The fraction of sp³-hybridized carbons (Fsp3) is 0.125. The molecule has 0 heterocycles. The van der Waals surface area contributed by atoms with Gasteiger partial charge in [0.2, 0.25) is 0 Å². The Hall–Kier alpha value is -2.54. The number of esters is 2. The molecule has 2 rings (SSSR count). The molecule has 120 valence electrons. The van der Waals surface area contributed by atoms with E-state index >= 15 is 0 Å². The standard InChI is InChI=1S/C16H13FO5S/c1-21-15(19)11-7-8-12(14(18)13(11)16(20)22-2)23-10-5-3-9(17)4-6-10/h3-8,18H,1-2H3. The van der Waals surface area contributed by atoms with Gasteiger partial charge in [0.25, 0.3) is 0 Å². The fourth-order valence-corrected chi connectivity index (χ4v) is 2.73. The molecule has 0 bridgehead atoms. The van der Waals surface area contributed by atoms with Gasteiger partial charge in [0.15, 0.2) is 0 Å². The summed E-state index contributed by atoms with van der Waals surface area (Å²) in [5, 5.41) is 10.3. The lowest BCUT2D eigenvalue weighted by molar-refractivity contribution is 0.0551. The van der Waals surface area contributed by atoms with Crippen LogP contribution in [0.2, 0.25) is 0 Å². The molecule has 0 atom stereocenters. The van der Waals surface area contributed by atoms with E-state index in [0.29, 0.717) is 9.79 Å². The minimum Gasteiger partial charge on any atom is -0.506 e. The minimum atomic E-state index is -0.857. The first-order chi connectivity index (χ1) is 11.0. The average Bonchev–Trinajstić information content (AvgIpc) is 2.57. The summed E-state index contributed by atoms with van der Waals surface area (Å²) in [4.78, 5) is 24.6. The van der Waals surface area contributed by atoms with Crippen molar-refractivity contribution in [2.24, 2.45) is 0 Å². The molecule has 5 nitrogen and oxygen atoms in total. The van der Waals surface area contributed by atoms with Crippen molar-refractivity contribution in [3.8, 4) is 5.75 Å². The van der Waals surface area contributed by atoms with Crippen molar-refractivity contribution in [2.75, 3.05) is 14.2 Å². The Kier molecular flexibility index (Phi) is 5.23. The lowest BCUT2D eigenvalue weighted by atomic mass is 10.1. The van der Waals surface area contributed by atoms with Gasteiger partial charge in [-0.3, -0.25) is 0 Å². The van der Waals surface area contributed by atoms with Gasteiger partial charge in [-0.1, -0.05) is 11.8 Å². The van der Waals surface area contributed by atoms with Crippen molar-refractivity contribution < 1.29 is 28.6 Å². The molecule has 0 spiro atoms. The quantitative estimate of drug-likeness (QED) is 0.864. The van der Waals surface area contributed by atoms with E-state index in [0.717, 1.165) is 18.9 Å². The monoisotopic (exact) mass is 336 g/mol. The summed E-state index contributed by atoms with van der Waals surface area (Å²) < 4.78 is 22.1. The molecular formula is C16H13FO5S. The molecule has 0 unspecified atom stereocenters. The van der Waals surface area contributed by atoms with Gasteiger partial charge in [-0.2, -0.15) is 0 Å². The van der Waals surface area contributed by atoms with E-state index < -0.39 is 17.7 Å². The average molecular weight is 336 g/mol. The van der Waals surface area contributed by atoms with Gasteiger partial charge in [0, 0.05) is 4.90 Å². The molecule has 0 saturated carbocycles. The highest BCUT2D eigenvalue weighted by Gasteiger charge is 2.25. The van der Waals surface area contributed by atoms with Crippen LogP contribution in [0.5, 0.6) is 5.75 Å². The van der Waals surface area contributed by atoms with Crippen LogP contribution in [0, 0.1) is 5.82 Å². The first kappa shape index (κ1) is 16.8. The number of carbonyl (C=O) groups excluding carboxylic acids is 2. The number of phenolic OH excluding ortho intramolecular Hbond substituents is 1. The molecule has 0 aliphatic carbocycles. The summed E-state index contributed by atoms with van der Waals surface area (Å²) in [6.07, 6.45) is 0. The molecule has 0 aromatic heterocycles. The summed E-state index contributed by atoms with van der Waals surface area (Å²) in [5.74, 6) is -2.40. The number of methoxy groups -OCH3 is 2. The van der Waals surface area contributed by atoms with E-state index in [9.17, 15) is 19.1 Å². The third-order valence-corrected chi connectivity index (χ3v) is 4.03. The zero-order valence-corrected chi connectivity index (χ0v) is 13.1. The second-order valence-electron chi connectivity index (χ2n) is 4.37. The van der Waals surface area contributed by atoms with Crippen LogP contribution in [0.15, 0.2) is 46.2 Å². The maximum Gasteiger partial charge on any atom is 0.342 e. The molecule has 0 amide bonds. The molecule has 0 radical (unpaired) electrons. The van der Waals surface area contributed by atoms with E-state index in [1.165, 1.54) is 43.5 Å². The third-order valence-electron chi connectivity index (χ3n) is 2.98. The highest BCUT2D eigenvalue weighted by Crippen LogP contribution is 2.38. The Labute approximate surface area is 136 Å². The number of halogens is 1. The van der Waals surface area contributed by atoms with Crippen molar-refractivity contribution >= 4 is 23.7 Å². The predicted molar refractivity (Wildman–Crippen MR) is 81.3 cm³/mol. The Morgan fingerprint density at radius 2 is 1.61 bits per heavy atom. The van der Waals surface area contributed by atoms with Crippen molar-refractivity contribution in [1.29, 1.82) is 0 Å². The van der Waals surface area contributed by atoms with Crippen LogP contribution in [-0.4, -0.2) is 31.3 Å². The summed E-state index contributed by atoms with van der Waals surface area (Å²) in [6, 6.07) is 8.47. The normalized spacial score (nSPS) is 10.2. The lowest BCUT2D eigenvalue weighted by Crippen LogP contribution is -2.12. The van der Waals surface area contributed by atoms with E-state index in [4.69, 9.17) is 0 Å². The van der Waals surface area contributed by atoms with Gasteiger partial charge in [-0.05, 0) is 36.4 Å². The molecule has 7 heteroatoms. The van der Waals surface area contributed by atoms with Gasteiger partial charge in [-0.25, -0.2) is 14.0 Å². The third kappa shape index (κ3) is 3.62. The van der Waals surface area contributed by atoms with Gasteiger partial charge in [0.1, 0.15) is 17.1 Å². The van der Waals surface area contributed by atoms with Crippen LogP contribution in [0.25, 0.3) is 0 Å². The number of rotatable bonds is 4. The number of aromatic hydroxyl groups is 1. The first-order valence-electron chi connectivity index (χ1n) is 6.44. The van der Waals surface area contributed by atoms with Crippen LogP contribution in [0.1, 0.15) is 20.7 Å². The molecule has 2 aromatic rings. The highest BCUT2D eigenvalue weighted by atomic mass is 32.2. The van der Waals surface area contributed by atoms with E-state index in [-0.39, 0.29) is 16.9 Å². The molecule has 2 aromatic carbocycles. The maximum atomic E-state index is 12.9. The number of benzene rings is 2. The summed E-state index contributed by atoms with van der Waals surface area (Å²) in [6.45, 7) is 0. The van der Waals surface area contributed by atoms with Crippen LogP contribution >= 0.6 is 11.8 Å². The minimum absolute atomic E-state index is 0.0969. The smallest absolute Gasteiger partial charge is 0.342 e. The van der Waals surface area contributed by atoms with Crippen LogP contribution in [0.3, 0.4) is 0 Å². The molecule has 23 heavy (non-hydrogen) atoms. The molecular weight excluding hydrogens is 323 g/mol. The second-order valence-corrected chi connectivity index (χ2v) is 5.49. The fourth-order valence-electron chi connectivity index (χ4n) is 1.87. The Morgan fingerprint density at radius 1 is 1.00 bits per heavy atom. The lowest BCUT2D eigenvalue weighted by Gasteiger charge is -2.12. The summed E-state index contributed by atoms with van der Waals surface area (Å²) in [7, 11) is 2.31. The van der Waals surface area contributed by atoms with Gasteiger partial charge in [0.05, 0.1) is 24.7 Å². The Bertz CT molecular complexity index is 743. The molecule has 1 N–H and O–H groups in total. The Balaban J connectivity index is 2.47. The topological polar surface area (TPSA) is 72.8 Å². The highest BCUT2D eigenvalue weighted by molar-refractivity contribution is 7.99. The molecule has 0 aliphatic rings. The van der Waals surface area contributed by atoms with Crippen LogP contribution < -0.4 is 0 Å². The molecule has 0 saturated heterocycles. The number of hydrogen-bond acceptors (Lipinski definition) is 6. The molecule has 0 aliphatic heterocycles. The SMILES string of the molecule is COC(=O)c1ccc(Sc2ccc(F)cc2)c(O)c1C(=O)OC. The van der Waals surface area contributed by atoms with Crippen molar-refractivity contribution in [3.63, 3.8) is 0 Å².